The lowest BCUT2D eigenvalue weighted by atomic mass is 10.0. The molecule has 1 aliphatic rings. The Morgan fingerprint density at radius 1 is 1.12 bits per heavy atom. The zero-order valence-electron chi connectivity index (χ0n) is 16.3. The zero-order valence-corrected chi connectivity index (χ0v) is 17.2. The molecule has 0 aliphatic carbocycles. The molecule has 1 unspecified atom stereocenters. The summed E-state index contributed by atoms with van der Waals surface area (Å²) in [4.78, 5) is 4.92. The lowest BCUT2D eigenvalue weighted by Crippen LogP contribution is -2.11. The minimum absolute atomic E-state index is 0.422. The van der Waals surface area contributed by atoms with Crippen molar-refractivity contribution in [2.24, 2.45) is 10.9 Å². The van der Waals surface area contributed by atoms with E-state index in [-0.39, 0.29) is 0 Å². The Morgan fingerprint density at radius 3 is 2.35 bits per heavy atom. The van der Waals surface area contributed by atoms with Gasteiger partial charge >= 0.3 is 0 Å². The topological polar surface area (TPSA) is 24.4 Å². The first-order valence-corrected chi connectivity index (χ1v) is 10.2. The van der Waals surface area contributed by atoms with Gasteiger partial charge in [-0.05, 0) is 49.5 Å². The SMILES string of the molecule is Cc1cc(C)c(NC(=CC2=NC(C(C)C)CS2)c2ccccc2)c(C)c1. The number of hydrogen-bond acceptors (Lipinski definition) is 3. The van der Waals surface area contributed by atoms with E-state index in [1.165, 1.54) is 27.9 Å². The number of nitrogens with one attached hydrogen (secondary N) is 1. The molecule has 0 fully saturated rings. The van der Waals surface area contributed by atoms with E-state index in [9.17, 15) is 0 Å². The van der Waals surface area contributed by atoms with Crippen LogP contribution in [-0.4, -0.2) is 16.8 Å². The Hall–Kier alpha value is -2.00. The van der Waals surface area contributed by atoms with Crippen LogP contribution in [0.25, 0.3) is 5.70 Å². The molecule has 1 N–H and O–H groups in total. The highest BCUT2D eigenvalue weighted by Crippen LogP contribution is 2.29. The minimum atomic E-state index is 0.422. The first kappa shape index (κ1) is 18.8. The van der Waals surface area contributed by atoms with Crippen LogP contribution < -0.4 is 5.32 Å². The average Bonchev–Trinajstić information content (AvgIpc) is 3.06. The molecule has 0 aromatic heterocycles. The molecular formula is C23H28N2S. The summed E-state index contributed by atoms with van der Waals surface area (Å²) in [5.41, 5.74) is 7.32. The van der Waals surface area contributed by atoms with Crippen LogP contribution in [0.4, 0.5) is 5.69 Å². The standard InChI is InChI=1S/C23H28N2S/c1-15(2)21-14-26-22(24-21)13-20(19-9-7-6-8-10-19)25-23-17(4)11-16(3)12-18(23)5/h6-13,15,21,25H,14H2,1-5H3. The van der Waals surface area contributed by atoms with E-state index in [1.54, 1.807) is 0 Å². The van der Waals surface area contributed by atoms with E-state index in [1.807, 2.05) is 11.8 Å². The van der Waals surface area contributed by atoms with E-state index in [0.717, 1.165) is 16.5 Å². The van der Waals surface area contributed by atoms with Crippen molar-refractivity contribution in [1.29, 1.82) is 0 Å². The molecule has 2 aromatic rings. The van der Waals surface area contributed by atoms with Crippen LogP contribution in [0.2, 0.25) is 0 Å². The van der Waals surface area contributed by atoms with Gasteiger partial charge in [0.15, 0.2) is 0 Å². The molecule has 0 saturated heterocycles. The third kappa shape index (κ3) is 4.39. The van der Waals surface area contributed by atoms with Gasteiger partial charge in [0.25, 0.3) is 0 Å². The largest absolute Gasteiger partial charge is 0.355 e. The maximum Gasteiger partial charge on any atom is 0.0929 e. The number of thioether (sulfide) groups is 1. The number of aryl methyl sites for hydroxylation is 3. The predicted octanol–water partition coefficient (Wildman–Crippen LogP) is 6.23. The predicted molar refractivity (Wildman–Crippen MR) is 117 cm³/mol. The van der Waals surface area contributed by atoms with Gasteiger partial charge in [-0.2, -0.15) is 0 Å². The summed E-state index contributed by atoms with van der Waals surface area (Å²) < 4.78 is 0. The highest BCUT2D eigenvalue weighted by Gasteiger charge is 2.20. The number of hydrogen-bond donors (Lipinski definition) is 1. The van der Waals surface area contributed by atoms with Gasteiger partial charge in [0.1, 0.15) is 0 Å². The summed E-state index contributed by atoms with van der Waals surface area (Å²) in [7, 11) is 0. The summed E-state index contributed by atoms with van der Waals surface area (Å²) >= 11 is 1.86. The highest BCUT2D eigenvalue weighted by atomic mass is 32.2. The second kappa shape index (κ2) is 8.13. The van der Waals surface area contributed by atoms with Gasteiger partial charge in [-0.25, -0.2) is 0 Å². The smallest absolute Gasteiger partial charge is 0.0929 e. The van der Waals surface area contributed by atoms with Crippen molar-refractivity contribution < 1.29 is 0 Å². The van der Waals surface area contributed by atoms with Crippen molar-refractivity contribution in [3.8, 4) is 0 Å². The molecule has 3 heteroatoms. The lowest BCUT2D eigenvalue weighted by Gasteiger charge is -2.17. The van der Waals surface area contributed by atoms with E-state index < -0.39 is 0 Å². The fraction of sp³-hybridized carbons (Fsp3) is 0.348. The molecule has 0 bridgehead atoms. The first-order chi connectivity index (χ1) is 12.4. The van der Waals surface area contributed by atoms with E-state index in [4.69, 9.17) is 4.99 Å². The van der Waals surface area contributed by atoms with E-state index >= 15 is 0 Å². The van der Waals surface area contributed by atoms with Crippen LogP contribution in [0, 0.1) is 26.7 Å². The van der Waals surface area contributed by atoms with Gasteiger partial charge < -0.3 is 5.32 Å². The second-order valence-electron chi connectivity index (χ2n) is 7.41. The molecule has 0 radical (unpaired) electrons. The minimum Gasteiger partial charge on any atom is -0.355 e. The van der Waals surface area contributed by atoms with Gasteiger partial charge in [-0.3, -0.25) is 4.99 Å². The monoisotopic (exact) mass is 364 g/mol. The van der Waals surface area contributed by atoms with Gasteiger partial charge in [-0.15, -0.1) is 11.8 Å². The van der Waals surface area contributed by atoms with Crippen LogP contribution >= 0.6 is 11.8 Å². The summed E-state index contributed by atoms with van der Waals surface area (Å²) in [6, 6.07) is 15.4. The van der Waals surface area contributed by atoms with Crippen LogP contribution in [0.15, 0.2) is 53.5 Å². The van der Waals surface area contributed by atoms with Crippen LogP contribution in [0.5, 0.6) is 0 Å². The van der Waals surface area contributed by atoms with Crippen molar-refractivity contribution in [2.75, 3.05) is 11.1 Å². The van der Waals surface area contributed by atoms with Gasteiger partial charge in [0.2, 0.25) is 0 Å². The molecule has 1 atom stereocenters. The fourth-order valence-corrected chi connectivity index (χ4v) is 4.49. The van der Waals surface area contributed by atoms with Gasteiger partial charge in [0.05, 0.1) is 11.1 Å². The fourth-order valence-electron chi connectivity index (χ4n) is 3.27. The lowest BCUT2D eigenvalue weighted by molar-refractivity contribution is 0.544. The number of benzene rings is 2. The van der Waals surface area contributed by atoms with Crippen molar-refractivity contribution in [1.82, 2.24) is 0 Å². The number of anilines is 1. The third-order valence-electron chi connectivity index (χ3n) is 4.75. The Labute approximate surface area is 161 Å². The first-order valence-electron chi connectivity index (χ1n) is 9.26. The van der Waals surface area contributed by atoms with Gasteiger partial charge in [-0.1, -0.05) is 61.9 Å². The maximum atomic E-state index is 4.92. The molecule has 0 amide bonds. The van der Waals surface area contributed by atoms with Crippen LogP contribution in [-0.2, 0) is 0 Å². The Kier molecular flexibility index (Phi) is 5.87. The van der Waals surface area contributed by atoms with Crippen LogP contribution in [0.1, 0.15) is 36.1 Å². The molecule has 0 spiro atoms. The van der Waals surface area contributed by atoms with Gasteiger partial charge in [0, 0.05) is 17.1 Å². The van der Waals surface area contributed by atoms with Crippen molar-refractivity contribution >= 4 is 28.2 Å². The summed E-state index contributed by atoms with van der Waals surface area (Å²) in [6.45, 7) is 11.0. The number of aliphatic imine (C=N–C) groups is 1. The Bertz CT molecular complexity index is 812. The molecule has 136 valence electrons. The molecule has 2 aromatic carbocycles. The third-order valence-corrected chi connectivity index (χ3v) is 5.78. The summed E-state index contributed by atoms with van der Waals surface area (Å²) in [6.07, 6.45) is 2.21. The van der Waals surface area contributed by atoms with Crippen molar-refractivity contribution in [3.63, 3.8) is 0 Å². The molecule has 1 aliphatic heterocycles. The zero-order chi connectivity index (χ0) is 18.7. The quantitative estimate of drug-likeness (QED) is 0.679. The summed E-state index contributed by atoms with van der Waals surface area (Å²) in [5, 5.41) is 4.82. The number of rotatable bonds is 5. The molecule has 2 nitrogen and oxygen atoms in total. The maximum absolute atomic E-state index is 4.92. The molecule has 1 heterocycles. The molecule has 3 rings (SSSR count). The number of nitrogens with zero attached hydrogens (tertiary/aromatic N) is 1. The van der Waals surface area contributed by atoms with Crippen LogP contribution in [0.3, 0.4) is 0 Å². The highest BCUT2D eigenvalue weighted by molar-refractivity contribution is 8.14. The Morgan fingerprint density at radius 2 is 1.77 bits per heavy atom. The Balaban J connectivity index is 1.98. The molecule has 0 saturated carbocycles. The summed E-state index contributed by atoms with van der Waals surface area (Å²) in [5.74, 6) is 1.66. The normalized spacial score (nSPS) is 17.5. The molecule has 26 heavy (non-hydrogen) atoms. The van der Waals surface area contributed by atoms with E-state index in [2.05, 4.69) is 88.5 Å². The second-order valence-corrected chi connectivity index (χ2v) is 8.45. The average molecular weight is 365 g/mol. The molecular weight excluding hydrogens is 336 g/mol. The van der Waals surface area contributed by atoms with E-state index in [0.29, 0.717) is 12.0 Å². The van der Waals surface area contributed by atoms with Crippen molar-refractivity contribution in [2.45, 2.75) is 40.7 Å². The van der Waals surface area contributed by atoms with Crippen molar-refractivity contribution in [3.05, 3.63) is 70.8 Å².